The van der Waals surface area contributed by atoms with Gasteiger partial charge in [0.15, 0.2) is 11.1 Å². The van der Waals surface area contributed by atoms with Crippen molar-refractivity contribution in [2.24, 2.45) is 21.5 Å². The van der Waals surface area contributed by atoms with E-state index in [0.29, 0.717) is 23.3 Å². The molecule has 2 heterocycles. The van der Waals surface area contributed by atoms with Gasteiger partial charge in [-0.3, -0.25) is 0 Å². The van der Waals surface area contributed by atoms with Crippen LogP contribution in [0.2, 0.25) is 10.0 Å². The number of methoxy groups -OCH3 is 2. The molecule has 0 aromatic heterocycles. The summed E-state index contributed by atoms with van der Waals surface area (Å²) in [6.45, 7) is 0.703. The van der Waals surface area contributed by atoms with Crippen molar-refractivity contribution in [2.75, 3.05) is 27.4 Å². The van der Waals surface area contributed by atoms with Crippen LogP contribution in [0, 0.1) is 0 Å². The summed E-state index contributed by atoms with van der Waals surface area (Å²) in [5.74, 6) is 1.58. The van der Waals surface area contributed by atoms with E-state index in [1.165, 1.54) is 0 Å². The third-order valence-corrected chi connectivity index (χ3v) is 10.1. The second-order valence-corrected chi connectivity index (χ2v) is 13.7. The molecule has 0 bridgehead atoms. The van der Waals surface area contributed by atoms with Crippen LogP contribution in [0.5, 0.6) is 11.5 Å². The zero-order valence-corrected chi connectivity index (χ0v) is 31.2. The molecule has 0 amide bonds. The Morgan fingerprint density at radius 3 is 1.15 bits per heavy atom. The van der Waals surface area contributed by atoms with E-state index in [4.69, 9.17) is 53.6 Å². The average molecular weight is 758 g/mol. The SMILES string of the molecule is COc1ccc(C2(c3cccc(-c4cccc(Cl)c4)c3)COC(N)=N2)cc1.COc1ccc([C@@]2(c3cccc(-c4cccc(Cl)c4)c3)COC(N)=N2)cc1. The van der Waals surface area contributed by atoms with Gasteiger partial charge in [-0.05, 0) is 105 Å². The van der Waals surface area contributed by atoms with E-state index < -0.39 is 11.1 Å². The molecule has 272 valence electrons. The lowest BCUT2D eigenvalue weighted by atomic mass is 9.83. The zero-order valence-electron chi connectivity index (χ0n) is 29.7. The average Bonchev–Trinajstić information content (AvgIpc) is 3.82. The Hall–Kier alpha value is -5.96. The summed E-state index contributed by atoms with van der Waals surface area (Å²) in [5.41, 5.74) is 18.6. The minimum absolute atomic E-state index is 0.193. The number of hydrogen-bond acceptors (Lipinski definition) is 8. The first-order valence-electron chi connectivity index (χ1n) is 17.2. The van der Waals surface area contributed by atoms with Crippen LogP contribution in [0.25, 0.3) is 22.3 Å². The molecule has 8 rings (SSSR count). The highest BCUT2D eigenvalue weighted by atomic mass is 35.5. The standard InChI is InChI=1S/2C22H19ClN2O2/c2*1-26-20-10-8-17(9-11-20)22(14-27-21(24)25-22)18-6-2-4-15(12-18)16-5-3-7-19(23)13-16/h2*2-13H,14H2,1H3,(H2,24,25)/t22-;/m1./s1. The van der Waals surface area contributed by atoms with Crippen molar-refractivity contribution in [1.29, 1.82) is 0 Å². The van der Waals surface area contributed by atoms with Crippen molar-refractivity contribution in [2.45, 2.75) is 11.1 Å². The van der Waals surface area contributed by atoms with Crippen molar-refractivity contribution in [3.8, 4) is 33.8 Å². The van der Waals surface area contributed by atoms with Crippen molar-refractivity contribution < 1.29 is 18.9 Å². The second-order valence-electron chi connectivity index (χ2n) is 12.8. The van der Waals surface area contributed by atoms with Crippen LogP contribution in [-0.4, -0.2) is 39.5 Å². The monoisotopic (exact) mass is 756 g/mol. The summed E-state index contributed by atoms with van der Waals surface area (Å²) >= 11 is 12.3. The lowest BCUT2D eigenvalue weighted by Crippen LogP contribution is -2.27. The highest BCUT2D eigenvalue weighted by molar-refractivity contribution is 6.31. The molecule has 6 aromatic carbocycles. The minimum atomic E-state index is -0.690. The van der Waals surface area contributed by atoms with Crippen LogP contribution >= 0.6 is 23.2 Å². The van der Waals surface area contributed by atoms with Crippen molar-refractivity contribution in [3.05, 3.63) is 178 Å². The molecule has 0 saturated heterocycles. The summed E-state index contributed by atoms with van der Waals surface area (Å²) in [4.78, 5) is 9.35. The number of benzene rings is 6. The molecule has 1 unspecified atom stereocenters. The minimum Gasteiger partial charge on any atom is -0.497 e. The predicted molar refractivity (Wildman–Crippen MR) is 216 cm³/mol. The largest absolute Gasteiger partial charge is 0.497 e. The third-order valence-electron chi connectivity index (χ3n) is 9.59. The normalized spacial score (nSPS) is 18.7. The second kappa shape index (κ2) is 15.6. The first-order chi connectivity index (χ1) is 26.2. The molecule has 4 N–H and O–H groups in total. The van der Waals surface area contributed by atoms with Crippen LogP contribution in [-0.2, 0) is 20.6 Å². The van der Waals surface area contributed by atoms with Gasteiger partial charge in [0.1, 0.15) is 24.7 Å². The predicted octanol–water partition coefficient (Wildman–Crippen LogP) is 9.21. The Morgan fingerprint density at radius 2 is 0.833 bits per heavy atom. The lowest BCUT2D eigenvalue weighted by molar-refractivity contribution is 0.278. The van der Waals surface area contributed by atoms with Gasteiger partial charge in [-0.15, -0.1) is 0 Å². The number of amidine groups is 2. The number of rotatable bonds is 8. The molecule has 2 aliphatic rings. The summed E-state index contributed by atoms with van der Waals surface area (Å²) in [6.07, 6.45) is 0. The van der Waals surface area contributed by atoms with E-state index in [1.54, 1.807) is 14.2 Å². The fourth-order valence-electron chi connectivity index (χ4n) is 6.77. The summed E-state index contributed by atoms with van der Waals surface area (Å²) in [6, 6.07) is 48.1. The van der Waals surface area contributed by atoms with Crippen molar-refractivity contribution >= 4 is 35.2 Å². The van der Waals surface area contributed by atoms with E-state index in [0.717, 1.165) is 56.0 Å². The molecule has 0 aliphatic carbocycles. The van der Waals surface area contributed by atoms with Crippen molar-refractivity contribution in [1.82, 2.24) is 0 Å². The Bertz CT molecular complexity index is 2170. The third kappa shape index (κ3) is 7.44. The Morgan fingerprint density at radius 1 is 0.481 bits per heavy atom. The molecule has 0 radical (unpaired) electrons. The Kier molecular flexibility index (Phi) is 10.5. The number of ether oxygens (including phenoxy) is 4. The van der Waals surface area contributed by atoms with E-state index in [1.807, 2.05) is 121 Å². The van der Waals surface area contributed by atoms with Gasteiger partial charge in [-0.25, -0.2) is 9.98 Å². The molecule has 0 saturated carbocycles. The quantitative estimate of drug-likeness (QED) is 0.160. The summed E-state index contributed by atoms with van der Waals surface area (Å²) < 4.78 is 21.7. The molecule has 0 fully saturated rings. The number of hydrogen-bond donors (Lipinski definition) is 2. The van der Waals surface area contributed by atoms with Crippen LogP contribution in [0.15, 0.2) is 156 Å². The smallest absolute Gasteiger partial charge is 0.283 e. The molecule has 2 atom stereocenters. The van der Waals surface area contributed by atoms with Crippen LogP contribution in [0.4, 0.5) is 0 Å². The van der Waals surface area contributed by atoms with Gasteiger partial charge in [0.2, 0.25) is 0 Å². The number of nitrogens with two attached hydrogens (primary N) is 2. The first kappa shape index (κ1) is 36.4. The highest BCUT2D eigenvalue weighted by Gasteiger charge is 2.41. The fourth-order valence-corrected chi connectivity index (χ4v) is 7.15. The summed E-state index contributed by atoms with van der Waals surface area (Å²) in [5, 5.41) is 1.41. The number of halogens is 2. The van der Waals surface area contributed by atoms with Gasteiger partial charge in [0.25, 0.3) is 12.0 Å². The van der Waals surface area contributed by atoms with E-state index in [-0.39, 0.29) is 12.0 Å². The summed E-state index contributed by atoms with van der Waals surface area (Å²) in [7, 11) is 3.29. The molecular weight excluding hydrogens is 719 g/mol. The van der Waals surface area contributed by atoms with Gasteiger partial charge in [0.05, 0.1) is 14.2 Å². The Balaban J connectivity index is 0.000000167. The van der Waals surface area contributed by atoms with Gasteiger partial charge < -0.3 is 30.4 Å². The molecule has 10 heteroatoms. The van der Waals surface area contributed by atoms with Crippen LogP contribution in [0.3, 0.4) is 0 Å². The molecule has 8 nitrogen and oxygen atoms in total. The number of nitrogens with zero attached hydrogens (tertiary/aromatic N) is 2. The topological polar surface area (TPSA) is 114 Å². The van der Waals surface area contributed by atoms with E-state index >= 15 is 0 Å². The fraction of sp³-hybridized carbons (Fsp3) is 0.136. The first-order valence-corrected chi connectivity index (χ1v) is 18.0. The Labute approximate surface area is 324 Å². The maximum absolute atomic E-state index is 6.16. The molecule has 0 spiro atoms. The van der Waals surface area contributed by atoms with Gasteiger partial charge in [-0.1, -0.05) is 108 Å². The number of aliphatic imine (C=N–C) groups is 2. The van der Waals surface area contributed by atoms with E-state index in [9.17, 15) is 0 Å². The highest BCUT2D eigenvalue weighted by Crippen LogP contribution is 2.41. The molecule has 54 heavy (non-hydrogen) atoms. The van der Waals surface area contributed by atoms with Gasteiger partial charge in [-0.2, -0.15) is 0 Å². The maximum atomic E-state index is 6.16. The maximum Gasteiger partial charge on any atom is 0.283 e. The van der Waals surface area contributed by atoms with Crippen LogP contribution in [0.1, 0.15) is 22.3 Å². The molecular formula is C44H38Cl2N4O4. The van der Waals surface area contributed by atoms with Gasteiger partial charge >= 0.3 is 0 Å². The molecule has 2 aliphatic heterocycles. The molecule has 6 aromatic rings. The lowest BCUT2D eigenvalue weighted by Gasteiger charge is -2.26. The zero-order chi connectivity index (χ0) is 37.7. The van der Waals surface area contributed by atoms with Crippen LogP contribution < -0.4 is 20.9 Å². The van der Waals surface area contributed by atoms with Gasteiger partial charge in [0, 0.05) is 10.0 Å². The van der Waals surface area contributed by atoms with E-state index in [2.05, 4.69) is 34.3 Å². The van der Waals surface area contributed by atoms with Crippen molar-refractivity contribution in [3.63, 3.8) is 0 Å².